The van der Waals surface area contributed by atoms with Gasteiger partial charge in [-0.25, -0.2) is 0 Å². The first kappa shape index (κ1) is 34.1. The molecule has 2 aromatic carbocycles. The third-order valence-corrected chi connectivity index (χ3v) is 7.02. The van der Waals surface area contributed by atoms with Gasteiger partial charge in [0.05, 0.1) is 49.8 Å². The van der Waals surface area contributed by atoms with Crippen molar-refractivity contribution in [3.05, 3.63) is 58.7 Å². The SMILES string of the molecule is COC(=O)[C@H](CC(C)C)NCC(=O)Nc1cccc2c1C(=O)c1c(NC(=O)CN[C@@H](CC(C)C)C(=O)OC)cccc1C2=O. The van der Waals surface area contributed by atoms with Crippen LogP contribution in [0, 0.1) is 11.8 Å². The normalized spacial score (nSPS) is 13.5. The molecule has 1 aliphatic carbocycles. The van der Waals surface area contributed by atoms with E-state index in [1.54, 1.807) is 12.1 Å². The molecule has 0 bridgehead atoms. The van der Waals surface area contributed by atoms with Crippen molar-refractivity contribution in [2.45, 2.75) is 52.6 Å². The number of ketones is 2. The highest BCUT2D eigenvalue weighted by molar-refractivity contribution is 6.32. The predicted octanol–water partition coefficient (Wildman–Crippen LogP) is 2.69. The number of esters is 2. The van der Waals surface area contributed by atoms with E-state index in [0.29, 0.717) is 12.8 Å². The van der Waals surface area contributed by atoms with Gasteiger partial charge in [-0.2, -0.15) is 0 Å². The zero-order valence-electron chi connectivity index (χ0n) is 25.9. The van der Waals surface area contributed by atoms with Crippen LogP contribution in [0.4, 0.5) is 11.4 Å². The molecular weight excluding hydrogens is 568 g/mol. The summed E-state index contributed by atoms with van der Waals surface area (Å²) in [6.45, 7) is 7.27. The van der Waals surface area contributed by atoms with Crippen LogP contribution < -0.4 is 21.3 Å². The fourth-order valence-electron chi connectivity index (χ4n) is 5.02. The van der Waals surface area contributed by atoms with E-state index in [2.05, 4.69) is 21.3 Å². The molecule has 2 amide bonds. The van der Waals surface area contributed by atoms with Crippen molar-refractivity contribution in [1.82, 2.24) is 10.6 Å². The van der Waals surface area contributed by atoms with Crippen LogP contribution in [0.15, 0.2) is 36.4 Å². The lowest BCUT2D eigenvalue weighted by molar-refractivity contribution is -0.144. The zero-order valence-corrected chi connectivity index (χ0v) is 25.9. The molecule has 12 heteroatoms. The van der Waals surface area contributed by atoms with Crippen LogP contribution >= 0.6 is 0 Å². The number of benzene rings is 2. The van der Waals surface area contributed by atoms with Gasteiger partial charge in [0.25, 0.3) is 0 Å². The number of rotatable bonds is 14. The summed E-state index contributed by atoms with van der Waals surface area (Å²) in [5, 5.41) is 11.1. The Morgan fingerprint density at radius 2 is 1.02 bits per heavy atom. The van der Waals surface area contributed by atoms with Crippen LogP contribution in [0.25, 0.3) is 0 Å². The number of hydrogen-bond donors (Lipinski definition) is 4. The van der Waals surface area contributed by atoms with Gasteiger partial charge in [-0.05, 0) is 36.8 Å². The average molecular weight is 609 g/mol. The molecule has 236 valence electrons. The number of amides is 2. The van der Waals surface area contributed by atoms with Gasteiger partial charge >= 0.3 is 11.9 Å². The summed E-state index contributed by atoms with van der Waals surface area (Å²) in [6.07, 6.45) is 0.908. The van der Waals surface area contributed by atoms with Crippen LogP contribution in [0.3, 0.4) is 0 Å². The van der Waals surface area contributed by atoms with Crippen LogP contribution in [-0.4, -0.2) is 74.7 Å². The Balaban J connectivity index is 1.81. The standard InChI is InChI=1S/C32H40N4O8/c1-17(2)13-23(31(41)43-5)33-15-25(37)35-21-11-7-9-19-27(21)30(40)28-20(29(19)39)10-8-12-22(28)36-26(38)16-34-24(14-18(3)4)32(42)44-6/h7-12,17-18,23-24,33-34H,13-16H2,1-6H3,(H,35,37)(H,36,38)/t23-,24-/m0/s1. The van der Waals surface area contributed by atoms with E-state index in [1.165, 1.54) is 38.5 Å². The predicted molar refractivity (Wildman–Crippen MR) is 164 cm³/mol. The van der Waals surface area contributed by atoms with Gasteiger partial charge in [0, 0.05) is 11.1 Å². The maximum Gasteiger partial charge on any atom is 0.322 e. The largest absolute Gasteiger partial charge is 0.468 e. The lowest BCUT2D eigenvalue weighted by Crippen LogP contribution is -2.43. The van der Waals surface area contributed by atoms with Gasteiger partial charge in [-0.15, -0.1) is 0 Å². The van der Waals surface area contributed by atoms with Crippen molar-refractivity contribution >= 4 is 46.7 Å². The van der Waals surface area contributed by atoms with Crippen molar-refractivity contribution in [2.75, 3.05) is 37.9 Å². The van der Waals surface area contributed by atoms with Crippen molar-refractivity contribution in [2.24, 2.45) is 11.8 Å². The molecule has 2 atom stereocenters. The highest BCUT2D eigenvalue weighted by Crippen LogP contribution is 2.35. The van der Waals surface area contributed by atoms with Crippen molar-refractivity contribution < 1.29 is 38.2 Å². The third-order valence-electron chi connectivity index (χ3n) is 7.02. The first-order valence-electron chi connectivity index (χ1n) is 14.4. The average Bonchev–Trinajstić information content (AvgIpc) is 2.98. The van der Waals surface area contributed by atoms with Crippen molar-refractivity contribution in [3.63, 3.8) is 0 Å². The van der Waals surface area contributed by atoms with E-state index in [9.17, 15) is 28.8 Å². The van der Waals surface area contributed by atoms with Crippen molar-refractivity contribution in [3.8, 4) is 0 Å². The molecule has 0 aromatic heterocycles. The molecular formula is C32H40N4O8. The Labute approximate surface area is 256 Å². The van der Waals surface area contributed by atoms with Gasteiger partial charge in [0.2, 0.25) is 11.8 Å². The molecule has 0 radical (unpaired) electrons. The molecule has 0 heterocycles. The highest BCUT2D eigenvalue weighted by Gasteiger charge is 2.34. The molecule has 0 saturated heterocycles. The first-order valence-corrected chi connectivity index (χ1v) is 14.4. The van der Waals surface area contributed by atoms with Crippen LogP contribution in [-0.2, 0) is 28.7 Å². The van der Waals surface area contributed by atoms with Gasteiger partial charge in [0.1, 0.15) is 12.1 Å². The molecule has 12 nitrogen and oxygen atoms in total. The number of fused-ring (bicyclic) bond motifs is 2. The van der Waals surface area contributed by atoms with E-state index in [0.717, 1.165) is 0 Å². The van der Waals surface area contributed by atoms with Crippen molar-refractivity contribution in [1.29, 1.82) is 0 Å². The Morgan fingerprint density at radius 3 is 1.36 bits per heavy atom. The minimum Gasteiger partial charge on any atom is -0.468 e. The topological polar surface area (TPSA) is 169 Å². The smallest absolute Gasteiger partial charge is 0.322 e. The Morgan fingerprint density at radius 1 is 0.636 bits per heavy atom. The Hall–Kier alpha value is -4.42. The molecule has 44 heavy (non-hydrogen) atoms. The van der Waals surface area contributed by atoms with E-state index < -0.39 is 47.4 Å². The molecule has 0 fully saturated rings. The summed E-state index contributed by atoms with van der Waals surface area (Å²) in [4.78, 5) is 77.4. The maximum atomic E-state index is 13.9. The summed E-state index contributed by atoms with van der Waals surface area (Å²) in [5.74, 6) is -2.71. The van der Waals surface area contributed by atoms with Crippen LogP contribution in [0.2, 0.25) is 0 Å². The fourth-order valence-corrected chi connectivity index (χ4v) is 5.02. The van der Waals surface area contributed by atoms with Gasteiger partial charge < -0.3 is 20.1 Å². The second-order valence-electron chi connectivity index (χ2n) is 11.4. The third kappa shape index (κ3) is 8.35. The zero-order chi connectivity index (χ0) is 32.6. The van der Waals surface area contributed by atoms with E-state index in [-0.39, 0.29) is 58.6 Å². The molecule has 0 aliphatic heterocycles. The molecule has 1 aliphatic rings. The number of ether oxygens (including phenoxy) is 2. The van der Waals surface area contributed by atoms with E-state index >= 15 is 0 Å². The molecule has 0 spiro atoms. The summed E-state index contributed by atoms with van der Waals surface area (Å²) < 4.78 is 9.65. The van der Waals surface area contributed by atoms with Crippen LogP contribution in [0.5, 0.6) is 0 Å². The van der Waals surface area contributed by atoms with Gasteiger partial charge in [0.15, 0.2) is 11.6 Å². The number of nitrogens with one attached hydrogen (secondary N) is 4. The van der Waals surface area contributed by atoms with Gasteiger partial charge in [-0.3, -0.25) is 39.4 Å². The Bertz CT molecular complexity index is 1330. The second-order valence-corrected chi connectivity index (χ2v) is 11.4. The number of hydrogen-bond acceptors (Lipinski definition) is 10. The molecule has 0 saturated carbocycles. The summed E-state index contributed by atoms with van der Waals surface area (Å²) in [6, 6.07) is 7.73. The number of anilines is 2. The summed E-state index contributed by atoms with van der Waals surface area (Å²) in [5.41, 5.74) is 0.448. The number of carbonyl (C=O) groups is 6. The molecule has 2 aromatic rings. The summed E-state index contributed by atoms with van der Waals surface area (Å²) in [7, 11) is 2.54. The second kappa shape index (κ2) is 15.3. The van der Waals surface area contributed by atoms with E-state index in [1.807, 2.05) is 27.7 Å². The fraction of sp³-hybridized carbons (Fsp3) is 0.438. The monoisotopic (exact) mass is 608 g/mol. The lowest BCUT2D eigenvalue weighted by Gasteiger charge is -2.23. The number of methoxy groups -OCH3 is 2. The number of carbonyl (C=O) groups excluding carboxylic acids is 6. The summed E-state index contributed by atoms with van der Waals surface area (Å²) >= 11 is 0. The highest BCUT2D eigenvalue weighted by atomic mass is 16.5. The quantitative estimate of drug-likeness (QED) is 0.200. The first-order chi connectivity index (χ1) is 20.9. The van der Waals surface area contributed by atoms with Crippen LogP contribution in [0.1, 0.15) is 72.4 Å². The molecule has 0 unspecified atom stereocenters. The Kier molecular flexibility index (Phi) is 11.9. The molecule has 4 N–H and O–H groups in total. The minimum atomic E-state index is -0.695. The lowest BCUT2D eigenvalue weighted by atomic mass is 9.82. The van der Waals surface area contributed by atoms with E-state index in [4.69, 9.17) is 9.47 Å². The maximum absolute atomic E-state index is 13.9. The van der Waals surface area contributed by atoms with Gasteiger partial charge in [-0.1, -0.05) is 52.0 Å². The minimum absolute atomic E-state index is 0.00689. The molecule has 3 rings (SSSR count).